The summed E-state index contributed by atoms with van der Waals surface area (Å²) < 4.78 is 17.3. The number of anilines is 1. The van der Waals surface area contributed by atoms with Gasteiger partial charge in [-0.1, -0.05) is 12.1 Å². The van der Waals surface area contributed by atoms with Crippen LogP contribution in [0.2, 0.25) is 0 Å². The molecule has 2 aromatic rings. The van der Waals surface area contributed by atoms with Crippen molar-refractivity contribution in [3.63, 3.8) is 0 Å². The number of nitrogens with two attached hydrogens (primary N) is 1. The van der Waals surface area contributed by atoms with Crippen molar-refractivity contribution in [2.75, 3.05) is 5.32 Å². The minimum Gasteiger partial charge on any atom is -0.358 e. The number of aromatic nitrogens is 2. The molecule has 1 aromatic heterocycles. The lowest BCUT2D eigenvalue weighted by atomic mass is 9.52. The number of hydrogen-bond donors (Lipinski definition) is 2. The Hall–Kier alpha value is -1.24. The van der Waals surface area contributed by atoms with Gasteiger partial charge in [-0.2, -0.15) is 4.37 Å². The van der Waals surface area contributed by atoms with Crippen LogP contribution in [0, 0.1) is 11.2 Å². The van der Waals surface area contributed by atoms with E-state index in [0.29, 0.717) is 23.9 Å². The van der Waals surface area contributed by atoms with Crippen LogP contribution in [0.5, 0.6) is 0 Å². The Balaban J connectivity index is 0.00000156. The molecule has 0 bridgehead atoms. The van der Waals surface area contributed by atoms with E-state index in [-0.39, 0.29) is 18.2 Å². The van der Waals surface area contributed by atoms with Crippen LogP contribution in [0.3, 0.4) is 0 Å². The van der Waals surface area contributed by atoms with E-state index >= 15 is 0 Å². The van der Waals surface area contributed by atoms with Crippen LogP contribution in [0.1, 0.15) is 37.1 Å². The third-order valence-electron chi connectivity index (χ3n) is 4.82. The van der Waals surface area contributed by atoms with Gasteiger partial charge in [0.25, 0.3) is 0 Å². The lowest BCUT2D eigenvalue weighted by molar-refractivity contribution is 0.00121. The zero-order valence-electron chi connectivity index (χ0n) is 12.7. The zero-order chi connectivity index (χ0) is 15.2. The summed E-state index contributed by atoms with van der Waals surface area (Å²) in [5.41, 5.74) is 7.43. The zero-order valence-corrected chi connectivity index (χ0v) is 14.3. The summed E-state index contributed by atoms with van der Waals surface area (Å²) in [6, 6.07) is 7.43. The van der Waals surface area contributed by atoms with Gasteiger partial charge >= 0.3 is 0 Å². The average molecular weight is 355 g/mol. The Morgan fingerprint density at radius 3 is 2.57 bits per heavy atom. The normalized spacial score (nSPS) is 28.6. The minimum atomic E-state index is -0.216. The van der Waals surface area contributed by atoms with Crippen LogP contribution in [-0.2, 0) is 6.42 Å². The molecule has 0 aliphatic heterocycles. The summed E-state index contributed by atoms with van der Waals surface area (Å²) in [6.07, 6.45) is 5.40. The Bertz CT molecular complexity index is 661. The first-order valence-electron chi connectivity index (χ1n) is 7.69. The molecule has 3 N–H and O–H groups in total. The predicted molar refractivity (Wildman–Crippen MR) is 92.7 cm³/mol. The molecule has 124 valence electrons. The van der Waals surface area contributed by atoms with E-state index < -0.39 is 0 Å². The monoisotopic (exact) mass is 354 g/mol. The molecule has 4 rings (SSSR count). The molecule has 0 unspecified atom stereocenters. The SMILES string of the molecule is Cl.NC1CC2(C1)CC(Nc1nc(Cc3ccc(F)cc3)ns1)C2. The van der Waals surface area contributed by atoms with Crippen molar-refractivity contribution in [1.82, 2.24) is 9.36 Å². The van der Waals surface area contributed by atoms with Crippen molar-refractivity contribution in [1.29, 1.82) is 0 Å². The third-order valence-corrected chi connectivity index (χ3v) is 5.50. The molecule has 2 fully saturated rings. The third kappa shape index (κ3) is 3.49. The molecule has 1 aromatic carbocycles. The lowest BCUT2D eigenvalue weighted by Crippen LogP contribution is -2.57. The predicted octanol–water partition coefficient (Wildman–Crippen LogP) is 3.37. The molecule has 2 aliphatic rings. The fourth-order valence-electron chi connectivity index (χ4n) is 3.82. The van der Waals surface area contributed by atoms with E-state index in [9.17, 15) is 4.39 Å². The van der Waals surface area contributed by atoms with Crippen molar-refractivity contribution in [3.8, 4) is 0 Å². The van der Waals surface area contributed by atoms with Crippen LogP contribution in [-0.4, -0.2) is 21.4 Å². The van der Waals surface area contributed by atoms with Gasteiger partial charge in [0.15, 0.2) is 0 Å². The molecular formula is C16H20ClFN4S. The van der Waals surface area contributed by atoms with Gasteiger partial charge in [-0.25, -0.2) is 9.37 Å². The maximum Gasteiger partial charge on any atom is 0.202 e. The van der Waals surface area contributed by atoms with Gasteiger partial charge in [-0.05, 0) is 48.8 Å². The summed E-state index contributed by atoms with van der Waals surface area (Å²) in [7, 11) is 0. The first-order valence-corrected chi connectivity index (χ1v) is 8.47. The van der Waals surface area contributed by atoms with Gasteiger partial charge in [0.05, 0.1) is 0 Å². The maximum absolute atomic E-state index is 12.9. The van der Waals surface area contributed by atoms with E-state index in [1.807, 2.05) is 0 Å². The van der Waals surface area contributed by atoms with Crippen molar-refractivity contribution in [3.05, 3.63) is 41.5 Å². The lowest BCUT2D eigenvalue weighted by Gasteiger charge is -2.56. The maximum atomic E-state index is 12.9. The number of halogens is 2. The van der Waals surface area contributed by atoms with Crippen LogP contribution >= 0.6 is 23.9 Å². The quantitative estimate of drug-likeness (QED) is 0.883. The second-order valence-electron chi connectivity index (χ2n) is 6.74. The number of benzene rings is 1. The topological polar surface area (TPSA) is 63.8 Å². The Labute approximate surface area is 145 Å². The Morgan fingerprint density at radius 2 is 1.91 bits per heavy atom. The highest BCUT2D eigenvalue weighted by Gasteiger charge is 2.51. The van der Waals surface area contributed by atoms with E-state index in [1.54, 1.807) is 12.1 Å². The molecular weight excluding hydrogens is 335 g/mol. The van der Waals surface area contributed by atoms with Gasteiger partial charge in [0.1, 0.15) is 11.6 Å². The number of nitrogens with one attached hydrogen (secondary N) is 1. The van der Waals surface area contributed by atoms with Crippen LogP contribution in [0.4, 0.5) is 9.52 Å². The first kappa shape index (κ1) is 16.6. The molecule has 2 aliphatic carbocycles. The summed E-state index contributed by atoms with van der Waals surface area (Å²) in [6.45, 7) is 0. The Kier molecular flexibility index (Phi) is 4.58. The summed E-state index contributed by atoms with van der Waals surface area (Å²) in [5.74, 6) is 0.575. The molecule has 0 radical (unpaired) electrons. The fraction of sp³-hybridized carbons (Fsp3) is 0.500. The molecule has 7 heteroatoms. The second kappa shape index (κ2) is 6.34. The standard InChI is InChI=1S/C16H19FN4S.ClH/c17-11-3-1-10(2-4-11)5-14-20-15(22-21-14)19-13-8-16(9-13)6-12(18)7-16;/h1-4,12-13H,5-9,18H2,(H,19,20,21);1H. The molecule has 2 saturated carbocycles. The molecule has 1 heterocycles. The van der Waals surface area contributed by atoms with Crippen molar-refractivity contribution in [2.24, 2.45) is 11.1 Å². The van der Waals surface area contributed by atoms with Crippen molar-refractivity contribution in [2.45, 2.75) is 44.2 Å². The van der Waals surface area contributed by atoms with Crippen LogP contribution in [0.15, 0.2) is 24.3 Å². The van der Waals surface area contributed by atoms with Crippen molar-refractivity contribution < 1.29 is 4.39 Å². The van der Waals surface area contributed by atoms with Gasteiger partial charge in [-0.3, -0.25) is 0 Å². The molecule has 0 amide bonds. The largest absolute Gasteiger partial charge is 0.358 e. The minimum absolute atomic E-state index is 0. The Morgan fingerprint density at radius 1 is 1.22 bits per heavy atom. The number of hydrogen-bond acceptors (Lipinski definition) is 5. The van der Waals surface area contributed by atoms with E-state index in [0.717, 1.165) is 16.5 Å². The van der Waals surface area contributed by atoms with Gasteiger partial charge in [0.2, 0.25) is 5.13 Å². The highest BCUT2D eigenvalue weighted by atomic mass is 35.5. The highest BCUT2D eigenvalue weighted by molar-refractivity contribution is 7.09. The van der Waals surface area contributed by atoms with E-state index in [1.165, 1.54) is 49.3 Å². The molecule has 23 heavy (non-hydrogen) atoms. The highest BCUT2D eigenvalue weighted by Crippen LogP contribution is 2.55. The summed E-state index contributed by atoms with van der Waals surface area (Å²) >= 11 is 1.40. The average Bonchev–Trinajstić information content (AvgIpc) is 2.85. The molecule has 1 spiro atoms. The van der Waals surface area contributed by atoms with Gasteiger partial charge in [-0.15, -0.1) is 12.4 Å². The van der Waals surface area contributed by atoms with E-state index in [4.69, 9.17) is 5.73 Å². The molecule has 0 atom stereocenters. The molecule has 0 saturated heterocycles. The van der Waals surface area contributed by atoms with Crippen molar-refractivity contribution >= 4 is 29.1 Å². The molecule has 4 nitrogen and oxygen atoms in total. The van der Waals surface area contributed by atoms with E-state index in [2.05, 4.69) is 14.7 Å². The smallest absolute Gasteiger partial charge is 0.202 e. The van der Waals surface area contributed by atoms with Gasteiger partial charge < -0.3 is 11.1 Å². The number of rotatable bonds is 4. The van der Waals surface area contributed by atoms with Crippen LogP contribution in [0.25, 0.3) is 0 Å². The first-order chi connectivity index (χ1) is 10.6. The summed E-state index contributed by atoms with van der Waals surface area (Å²) in [5, 5.41) is 4.37. The fourth-order valence-corrected chi connectivity index (χ4v) is 4.48. The number of nitrogens with zero attached hydrogens (tertiary/aromatic N) is 2. The van der Waals surface area contributed by atoms with Gasteiger partial charge in [0, 0.05) is 30.0 Å². The van der Waals surface area contributed by atoms with Crippen LogP contribution < -0.4 is 11.1 Å². The summed E-state index contributed by atoms with van der Waals surface area (Å²) in [4.78, 5) is 4.53. The second-order valence-corrected chi connectivity index (χ2v) is 7.49.